The molecule has 0 aliphatic rings. The summed E-state index contributed by atoms with van der Waals surface area (Å²) in [6.45, 7) is 0. The predicted molar refractivity (Wildman–Crippen MR) is 123 cm³/mol. The first-order chi connectivity index (χ1) is 15.7. The Morgan fingerprint density at radius 3 is 2.50 bits per heavy atom. The lowest BCUT2D eigenvalue weighted by Gasteiger charge is -2.06. The number of aliphatic imine (C=N–C) groups is 1. The van der Waals surface area contributed by atoms with E-state index >= 15 is 0 Å². The lowest BCUT2D eigenvalue weighted by atomic mass is 10.2. The molecule has 0 fully saturated rings. The zero-order chi connectivity index (χ0) is 21.8. The fourth-order valence-electron chi connectivity index (χ4n) is 3.20. The smallest absolute Gasteiger partial charge is 0.229 e. The minimum absolute atomic E-state index is 0.397. The van der Waals surface area contributed by atoms with Crippen LogP contribution in [0.15, 0.2) is 101 Å². The summed E-state index contributed by atoms with van der Waals surface area (Å²) in [7, 11) is 0. The highest BCUT2D eigenvalue weighted by atomic mass is 16.5. The molecule has 7 nitrogen and oxygen atoms in total. The minimum atomic E-state index is 0.397. The summed E-state index contributed by atoms with van der Waals surface area (Å²) in [6.07, 6.45) is 3.79. The number of para-hydroxylation sites is 1. The standard InChI is InChI=1S/C25H19N5O2/c26-23(29-18-8-10-21(11-9-18)31-20-5-2-1-3-6-20)16-19-15-17(12-14-27-19)25-30-24-22(32-25)7-4-13-28-24/h1-15H,16H2,(H2,26,29). The van der Waals surface area contributed by atoms with Crippen molar-refractivity contribution in [3.63, 3.8) is 0 Å². The van der Waals surface area contributed by atoms with Gasteiger partial charge in [0.15, 0.2) is 11.2 Å². The Morgan fingerprint density at radius 2 is 1.69 bits per heavy atom. The number of rotatable bonds is 6. The Hall–Kier alpha value is -4.52. The van der Waals surface area contributed by atoms with Gasteiger partial charge in [0.2, 0.25) is 5.89 Å². The van der Waals surface area contributed by atoms with Gasteiger partial charge in [-0.1, -0.05) is 18.2 Å². The lowest BCUT2D eigenvalue weighted by Crippen LogP contribution is -2.15. The van der Waals surface area contributed by atoms with Crippen LogP contribution in [-0.4, -0.2) is 20.8 Å². The molecule has 5 rings (SSSR count). The number of benzene rings is 2. The van der Waals surface area contributed by atoms with Gasteiger partial charge in [-0.2, -0.15) is 4.98 Å². The monoisotopic (exact) mass is 421 g/mol. The van der Waals surface area contributed by atoms with Crippen molar-refractivity contribution in [2.75, 3.05) is 0 Å². The van der Waals surface area contributed by atoms with Crippen LogP contribution in [0.4, 0.5) is 5.69 Å². The van der Waals surface area contributed by atoms with E-state index in [0.29, 0.717) is 29.4 Å². The summed E-state index contributed by atoms with van der Waals surface area (Å²) in [4.78, 5) is 17.5. The molecule has 156 valence electrons. The molecule has 3 heterocycles. The fraction of sp³-hybridized carbons (Fsp3) is 0.0400. The van der Waals surface area contributed by atoms with Gasteiger partial charge < -0.3 is 14.9 Å². The predicted octanol–water partition coefficient (Wildman–Crippen LogP) is 5.31. The third-order valence-electron chi connectivity index (χ3n) is 4.68. The minimum Gasteiger partial charge on any atom is -0.457 e. The Morgan fingerprint density at radius 1 is 0.875 bits per heavy atom. The molecule has 0 aliphatic heterocycles. The normalized spacial score (nSPS) is 11.6. The van der Waals surface area contributed by atoms with Crippen LogP contribution >= 0.6 is 0 Å². The van der Waals surface area contributed by atoms with Gasteiger partial charge >= 0.3 is 0 Å². The van der Waals surface area contributed by atoms with Crippen LogP contribution in [0.5, 0.6) is 11.5 Å². The molecule has 2 aromatic carbocycles. The maximum atomic E-state index is 6.18. The van der Waals surface area contributed by atoms with Crippen molar-refractivity contribution >= 4 is 22.8 Å². The Balaban J connectivity index is 1.29. The zero-order valence-corrected chi connectivity index (χ0v) is 17.1. The molecule has 0 saturated carbocycles. The highest BCUT2D eigenvalue weighted by Crippen LogP contribution is 2.25. The number of pyridine rings is 2. The van der Waals surface area contributed by atoms with Crippen molar-refractivity contribution in [1.82, 2.24) is 15.0 Å². The van der Waals surface area contributed by atoms with Crippen molar-refractivity contribution in [3.8, 4) is 23.0 Å². The third kappa shape index (κ3) is 4.46. The molecule has 2 N–H and O–H groups in total. The molecule has 0 bridgehead atoms. The maximum Gasteiger partial charge on any atom is 0.229 e. The first-order valence-electron chi connectivity index (χ1n) is 10.1. The summed E-state index contributed by atoms with van der Waals surface area (Å²) < 4.78 is 11.6. The largest absolute Gasteiger partial charge is 0.457 e. The van der Waals surface area contributed by atoms with E-state index in [4.69, 9.17) is 14.9 Å². The number of hydrogen-bond donors (Lipinski definition) is 1. The number of fused-ring (bicyclic) bond motifs is 1. The van der Waals surface area contributed by atoms with E-state index in [1.54, 1.807) is 12.4 Å². The zero-order valence-electron chi connectivity index (χ0n) is 17.1. The highest BCUT2D eigenvalue weighted by molar-refractivity contribution is 5.85. The second kappa shape index (κ2) is 8.69. The second-order valence-corrected chi connectivity index (χ2v) is 7.07. The highest BCUT2D eigenvalue weighted by Gasteiger charge is 2.10. The van der Waals surface area contributed by atoms with Gasteiger partial charge in [-0.25, -0.2) is 9.98 Å². The fourth-order valence-corrected chi connectivity index (χ4v) is 3.20. The van der Waals surface area contributed by atoms with Crippen molar-refractivity contribution in [2.24, 2.45) is 10.7 Å². The van der Waals surface area contributed by atoms with Gasteiger partial charge in [0.05, 0.1) is 5.69 Å². The summed E-state index contributed by atoms with van der Waals surface area (Å²) in [5, 5.41) is 0. The number of aromatic nitrogens is 3. The molecular weight excluding hydrogens is 402 g/mol. The topological polar surface area (TPSA) is 99.4 Å². The first-order valence-corrected chi connectivity index (χ1v) is 10.1. The molecule has 0 saturated heterocycles. The second-order valence-electron chi connectivity index (χ2n) is 7.07. The van der Waals surface area contributed by atoms with Gasteiger partial charge in [-0.15, -0.1) is 0 Å². The Kier molecular flexibility index (Phi) is 5.28. The molecule has 5 aromatic rings. The van der Waals surface area contributed by atoms with Crippen LogP contribution in [0.3, 0.4) is 0 Å². The molecule has 0 amide bonds. The number of nitrogens with zero attached hydrogens (tertiary/aromatic N) is 4. The van der Waals surface area contributed by atoms with E-state index in [1.165, 1.54) is 0 Å². The van der Waals surface area contributed by atoms with E-state index in [1.807, 2.05) is 78.9 Å². The van der Waals surface area contributed by atoms with Gasteiger partial charge in [-0.05, 0) is 60.7 Å². The number of oxazole rings is 1. The van der Waals surface area contributed by atoms with E-state index in [0.717, 1.165) is 28.4 Å². The van der Waals surface area contributed by atoms with Crippen LogP contribution in [0.25, 0.3) is 22.7 Å². The van der Waals surface area contributed by atoms with Crippen molar-refractivity contribution in [3.05, 3.63) is 97.0 Å². The van der Waals surface area contributed by atoms with Gasteiger partial charge in [0.25, 0.3) is 0 Å². The van der Waals surface area contributed by atoms with Crippen LogP contribution in [0.1, 0.15) is 5.69 Å². The van der Waals surface area contributed by atoms with Crippen LogP contribution in [0, 0.1) is 0 Å². The quantitative estimate of drug-likeness (QED) is 0.295. The SMILES string of the molecule is NC(Cc1cc(-c2nc3ncccc3o2)ccn1)=Nc1ccc(Oc2ccccc2)cc1. The summed E-state index contributed by atoms with van der Waals surface area (Å²) in [6, 6.07) is 24.4. The molecule has 0 atom stereocenters. The summed E-state index contributed by atoms with van der Waals surface area (Å²) >= 11 is 0. The van der Waals surface area contributed by atoms with Crippen LogP contribution < -0.4 is 10.5 Å². The summed E-state index contributed by atoms with van der Waals surface area (Å²) in [5.74, 6) is 2.46. The van der Waals surface area contributed by atoms with Gasteiger partial charge in [0, 0.05) is 30.1 Å². The molecule has 0 unspecified atom stereocenters. The average molecular weight is 421 g/mol. The van der Waals surface area contributed by atoms with Crippen molar-refractivity contribution in [2.45, 2.75) is 6.42 Å². The van der Waals surface area contributed by atoms with Crippen molar-refractivity contribution < 1.29 is 9.15 Å². The number of amidine groups is 1. The average Bonchev–Trinajstić information content (AvgIpc) is 3.26. The molecule has 0 spiro atoms. The third-order valence-corrected chi connectivity index (χ3v) is 4.68. The molecule has 7 heteroatoms. The lowest BCUT2D eigenvalue weighted by molar-refractivity contribution is 0.483. The van der Waals surface area contributed by atoms with Crippen LogP contribution in [0.2, 0.25) is 0 Å². The van der Waals surface area contributed by atoms with Crippen LogP contribution in [-0.2, 0) is 6.42 Å². The first kappa shape index (κ1) is 19.4. The maximum absolute atomic E-state index is 6.18. The number of nitrogens with two attached hydrogens (primary N) is 1. The van der Waals surface area contributed by atoms with Crippen molar-refractivity contribution in [1.29, 1.82) is 0 Å². The summed E-state index contributed by atoms with van der Waals surface area (Å²) in [5.41, 5.74) is 9.71. The molecule has 0 aliphatic carbocycles. The van der Waals surface area contributed by atoms with E-state index in [9.17, 15) is 0 Å². The van der Waals surface area contributed by atoms with E-state index < -0.39 is 0 Å². The molecule has 32 heavy (non-hydrogen) atoms. The molecular formula is C25H19N5O2. The molecule has 3 aromatic heterocycles. The van der Waals surface area contributed by atoms with E-state index in [2.05, 4.69) is 19.9 Å². The Bertz CT molecular complexity index is 1350. The van der Waals surface area contributed by atoms with E-state index in [-0.39, 0.29) is 0 Å². The van der Waals surface area contributed by atoms with Gasteiger partial charge in [0.1, 0.15) is 17.3 Å². The number of ether oxygens (including phenoxy) is 1. The Labute approximate surface area is 184 Å². The molecule has 0 radical (unpaired) electrons. The van der Waals surface area contributed by atoms with Gasteiger partial charge in [-0.3, -0.25) is 4.98 Å². The number of hydrogen-bond acceptors (Lipinski definition) is 6.